The number of aromatic nitrogens is 2. The van der Waals surface area contributed by atoms with Crippen molar-refractivity contribution in [1.29, 1.82) is 0 Å². The van der Waals surface area contributed by atoms with Gasteiger partial charge in [-0.05, 0) is 11.5 Å². The molecule has 9 nitrogen and oxygen atoms in total. The third kappa shape index (κ3) is 4.99. The van der Waals surface area contributed by atoms with Crippen LogP contribution in [0.25, 0.3) is 11.4 Å². The van der Waals surface area contributed by atoms with Crippen molar-refractivity contribution in [3.8, 4) is 17.1 Å². The Balaban J connectivity index is 1.73. The molecule has 9 heteroatoms. The first-order valence-corrected chi connectivity index (χ1v) is 9.30. The lowest BCUT2D eigenvalue weighted by Crippen LogP contribution is -2.39. The average molecular weight is 410 g/mol. The van der Waals surface area contributed by atoms with Crippen molar-refractivity contribution in [3.63, 3.8) is 0 Å². The smallest absolute Gasteiger partial charge is 0.310 e. The first kappa shape index (κ1) is 21.0. The van der Waals surface area contributed by atoms with E-state index < -0.39 is 28.9 Å². The molecule has 156 valence electrons. The third-order valence-electron chi connectivity index (χ3n) is 4.31. The Hall–Kier alpha value is -3.75. The number of para-hydroxylation sites is 2. The molecule has 0 aliphatic rings. The fraction of sp³-hybridized carbons (Fsp3) is 0.286. The standard InChI is InChI=1S/C21H22N4O5/c1-21(2,3)18(20-23-19(24-30-20)14-9-5-4-6-10-14)22-17(26)13-29-16-12-8-7-11-15(16)25(27)28/h4-12,18H,13H2,1-3H3,(H,22,26)/t18-/m0/s1. The molecule has 1 N–H and O–H groups in total. The first-order chi connectivity index (χ1) is 14.3. The van der Waals surface area contributed by atoms with Crippen LogP contribution in [0.5, 0.6) is 5.75 Å². The first-order valence-electron chi connectivity index (χ1n) is 9.30. The second-order valence-electron chi connectivity index (χ2n) is 7.70. The summed E-state index contributed by atoms with van der Waals surface area (Å²) in [4.78, 5) is 27.5. The Morgan fingerprint density at radius 2 is 1.83 bits per heavy atom. The number of hydrogen-bond acceptors (Lipinski definition) is 7. The molecule has 3 rings (SSSR count). The van der Waals surface area contributed by atoms with E-state index in [1.165, 1.54) is 18.2 Å². The van der Waals surface area contributed by atoms with Gasteiger partial charge >= 0.3 is 5.69 Å². The molecule has 30 heavy (non-hydrogen) atoms. The van der Waals surface area contributed by atoms with Crippen LogP contribution < -0.4 is 10.1 Å². The van der Waals surface area contributed by atoms with Crippen LogP contribution in [0.2, 0.25) is 0 Å². The second-order valence-corrected chi connectivity index (χ2v) is 7.70. The highest BCUT2D eigenvalue weighted by Crippen LogP contribution is 2.33. The SMILES string of the molecule is CC(C)(C)[C@@H](NC(=O)COc1ccccc1[N+](=O)[O-])c1nc(-c2ccccc2)no1. The summed E-state index contributed by atoms with van der Waals surface area (Å²) < 4.78 is 10.8. The van der Waals surface area contributed by atoms with Crippen LogP contribution in [-0.2, 0) is 4.79 Å². The summed E-state index contributed by atoms with van der Waals surface area (Å²) in [5.74, 6) is 0.243. The van der Waals surface area contributed by atoms with Crippen molar-refractivity contribution in [2.75, 3.05) is 6.61 Å². The maximum Gasteiger partial charge on any atom is 0.310 e. The van der Waals surface area contributed by atoms with E-state index in [4.69, 9.17) is 9.26 Å². The lowest BCUT2D eigenvalue weighted by Gasteiger charge is -2.28. The van der Waals surface area contributed by atoms with Gasteiger partial charge in [0.25, 0.3) is 5.91 Å². The van der Waals surface area contributed by atoms with E-state index >= 15 is 0 Å². The van der Waals surface area contributed by atoms with Crippen molar-refractivity contribution in [2.24, 2.45) is 5.41 Å². The number of carbonyl (C=O) groups excluding carboxylic acids is 1. The number of hydrogen-bond donors (Lipinski definition) is 1. The molecule has 0 saturated carbocycles. The largest absolute Gasteiger partial charge is 0.477 e. The van der Waals surface area contributed by atoms with Gasteiger partial charge in [0.15, 0.2) is 12.4 Å². The summed E-state index contributed by atoms with van der Waals surface area (Å²) in [6.45, 7) is 5.38. The van der Waals surface area contributed by atoms with Crippen molar-refractivity contribution in [2.45, 2.75) is 26.8 Å². The van der Waals surface area contributed by atoms with Crippen molar-refractivity contribution < 1.29 is 19.0 Å². The molecule has 0 fully saturated rings. The van der Waals surface area contributed by atoms with Crippen molar-refractivity contribution in [1.82, 2.24) is 15.5 Å². The molecule has 1 atom stereocenters. The fourth-order valence-electron chi connectivity index (χ4n) is 2.78. The van der Waals surface area contributed by atoms with Crippen LogP contribution >= 0.6 is 0 Å². The summed E-state index contributed by atoms with van der Waals surface area (Å²) >= 11 is 0. The molecular formula is C21H22N4O5. The average Bonchev–Trinajstić information content (AvgIpc) is 3.20. The van der Waals surface area contributed by atoms with E-state index in [1.807, 2.05) is 51.1 Å². The number of benzene rings is 2. The lowest BCUT2D eigenvalue weighted by molar-refractivity contribution is -0.385. The summed E-state index contributed by atoms with van der Waals surface area (Å²) in [7, 11) is 0. The molecule has 1 aromatic heterocycles. The maximum atomic E-state index is 12.5. The van der Waals surface area contributed by atoms with Gasteiger partial charge in [0.1, 0.15) is 6.04 Å². The van der Waals surface area contributed by atoms with Gasteiger partial charge in [-0.3, -0.25) is 14.9 Å². The summed E-state index contributed by atoms with van der Waals surface area (Å²) in [5.41, 5.74) is 0.155. The van der Waals surface area contributed by atoms with Gasteiger partial charge in [-0.1, -0.05) is 68.4 Å². The molecule has 1 heterocycles. The second kappa shape index (κ2) is 8.73. The van der Waals surface area contributed by atoms with Gasteiger partial charge in [0.05, 0.1) is 4.92 Å². The molecule has 0 aliphatic carbocycles. The highest BCUT2D eigenvalue weighted by atomic mass is 16.6. The summed E-state index contributed by atoms with van der Waals surface area (Å²) in [6, 6.07) is 14.7. The van der Waals surface area contributed by atoms with Gasteiger partial charge in [0.2, 0.25) is 11.7 Å². The van der Waals surface area contributed by atoms with E-state index in [1.54, 1.807) is 6.07 Å². The minimum atomic E-state index is -0.579. The zero-order valence-electron chi connectivity index (χ0n) is 16.9. The Labute approximate surface area is 173 Å². The number of nitro groups is 1. The third-order valence-corrected chi connectivity index (χ3v) is 4.31. The fourth-order valence-corrected chi connectivity index (χ4v) is 2.78. The number of carbonyl (C=O) groups is 1. The molecule has 0 unspecified atom stereocenters. The lowest BCUT2D eigenvalue weighted by atomic mass is 9.86. The van der Waals surface area contributed by atoms with Gasteiger partial charge < -0.3 is 14.6 Å². The van der Waals surface area contributed by atoms with Gasteiger partial charge in [-0.25, -0.2) is 0 Å². The summed E-state index contributed by atoms with van der Waals surface area (Å²) in [6.07, 6.45) is 0. The van der Waals surface area contributed by atoms with E-state index in [9.17, 15) is 14.9 Å². The number of nitro benzene ring substituents is 1. The Morgan fingerprint density at radius 1 is 1.17 bits per heavy atom. The Kier molecular flexibility index (Phi) is 6.10. The van der Waals surface area contributed by atoms with Crippen LogP contribution in [0.15, 0.2) is 59.1 Å². The van der Waals surface area contributed by atoms with Gasteiger partial charge in [-0.2, -0.15) is 4.98 Å². The topological polar surface area (TPSA) is 120 Å². The Bertz CT molecular complexity index is 1030. The molecule has 0 radical (unpaired) electrons. The predicted molar refractivity (Wildman–Crippen MR) is 109 cm³/mol. The minimum Gasteiger partial charge on any atom is -0.477 e. The molecular weight excluding hydrogens is 388 g/mol. The molecule has 0 bridgehead atoms. The molecule has 3 aromatic rings. The van der Waals surface area contributed by atoms with Crippen LogP contribution in [0.3, 0.4) is 0 Å². The Morgan fingerprint density at radius 3 is 2.50 bits per heavy atom. The van der Waals surface area contributed by atoms with Crippen LogP contribution in [-0.4, -0.2) is 27.6 Å². The molecule has 2 aromatic carbocycles. The van der Waals surface area contributed by atoms with Gasteiger partial charge in [0, 0.05) is 11.6 Å². The number of nitrogens with zero attached hydrogens (tertiary/aromatic N) is 3. The maximum absolute atomic E-state index is 12.5. The predicted octanol–water partition coefficient (Wildman–Crippen LogP) is 3.93. The highest BCUT2D eigenvalue weighted by molar-refractivity contribution is 5.78. The van der Waals surface area contributed by atoms with Crippen molar-refractivity contribution >= 4 is 11.6 Å². The van der Waals surface area contributed by atoms with E-state index in [2.05, 4.69) is 15.5 Å². The zero-order valence-corrected chi connectivity index (χ0v) is 16.9. The van der Waals surface area contributed by atoms with Crippen LogP contribution in [0.1, 0.15) is 32.7 Å². The van der Waals surface area contributed by atoms with E-state index in [-0.39, 0.29) is 17.3 Å². The molecule has 1 amide bonds. The molecule has 0 spiro atoms. The summed E-state index contributed by atoms with van der Waals surface area (Å²) in [5, 5.41) is 17.9. The monoisotopic (exact) mass is 410 g/mol. The number of nitrogens with one attached hydrogen (secondary N) is 1. The van der Waals surface area contributed by atoms with Crippen molar-refractivity contribution in [3.05, 3.63) is 70.6 Å². The number of ether oxygens (including phenoxy) is 1. The van der Waals surface area contributed by atoms with Crippen LogP contribution in [0.4, 0.5) is 5.69 Å². The minimum absolute atomic E-state index is 0.0223. The highest BCUT2D eigenvalue weighted by Gasteiger charge is 2.33. The van der Waals surface area contributed by atoms with E-state index in [0.717, 1.165) is 5.56 Å². The quantitative estimate of drug-likeness (QED) is 0.463. The zero-order chi connectivity index (χ0) is 21.7. The van der Waals surface area contributed by atoms with E-state index in [0.29, 0.717) is 5.82 Å². The van der Waals surface area contributed by atoms with Gasteiger partial charge in [-0.15, -0.1) is 0 Å². The normalized spacial score (nSPS) is 12.2. The molecule has 0 saturated heterocycles. The number of amides is 1. The van der Waals surface area contributed by atoms with Crippen LogP contribution in [0, 0.1) is 15.5 Å². The molecule has 0 aliphatic heterocycles. The number of rotatable bonds is 7.